The number of hydrogen-bond acceptors (Lipinski definition) is 9. The molecule has 0 fully saturated rings. The molecule has 0 aromatic heterocycles. The number of hydrogen-bond donors (Lipinski definition) is 2. The highest BCUT2D eigenvalue weighted by Crippen LogP contribution is 2.46. The highest BCUT2D eigenvalue weighted by atomic mass is 31.2. The van der Waals surface area contributed by atoms with Crippen LogP contribution in [0.15, 0.2) is 42.5 Å². The molecule has 1 aromatic carbocycles. The number of allylic oxidation sites excluding steroid dienone is 1. The lowest BCUT2D eigenvalue weighted by Crippen LogP contribution is -2.48. The number of ether oxygens (including phenoxy) is 2. The Labute approximate surface area is 175 Å². The van der Waals surface area contributed by atoms with E-state index >= 15 is 0 Å². The molecule has 10 nitrogen and oxygen atoms in total. The number of nitrogens with two attached hydrogens (primary N) is 1. The Balaban J connectivity index is 2.61. The summed E-state index contributed by atoms with van der Waals surface area (Å²) >= 11 is 0. The zero-order valence-corrected chi connectivity index (χ0v) is 18.0. The van der Waals surface area contributed by atoms with Crippen molar-refractivity contribution >= 4 is 25.4 Å². The number of esters is 2. The number of methoxy groups -OCH3 is 1. The topological polar surface area (TPSA) is 143 Å². The number of carbonyl (C=O) groups is 3. The molecule has 0 bridgehead atoms. The Kier molecular flexibility index (Phi) is 11.0. The molecule has 1 rings (SSSR count). The molecule has 30 heavy (non-hydrogen) atoms. The van der Waals surface area contributed by atoms with Crippen LogP contribution in [0.4, 0.5) is 0 Å². The minimum absolute atomic E-state index is 0.0561. The average Bonchev–Trinajstić information content (AvgIpc) is 2.76. The van der Waals surface area contributed by atoms with E-state index in [0.29, 0.717) is 0 Å². The highest BCUT2D eigenvalue weighted by molar-refractivity contribution is 7.54. The van der Waals surface area contributed by atoms with Crippen LogP contribution >= 0.6 is 7.60 Å². The van der Waals surface area contributed by atoms with Gasteiger partial charge >= 0.3 is 19.5 Å². The molecule has 0 aliphatic rings. The van der Waals surface area contributed by atoms with Gasteiger partial charge in [0.05, 0.1) is 25.7 Å². The van der Waals surface area contributed by atoms with Crippen LogP contribution in [-0.4, -0.2) is 57.4 Å². The van der Waals surface area contributed by atoms with Crippen molar-refractivity contribution < 1.29 is 37.5 Å². The maximum absolute atomic E-state index is 12.3. The molecular weight excluding hydrogens is 415 g/mol. The minimum Gasteiger partial charge on any atom is -0.467 e. The fourth-order valence-electron chi connectivity index (χ4n) is 2.19. The van der Waals surface area contributed by atoms with Crippen LogP contribution in [0.25, 0.3) is 0 Å². The van der Waals surface area contributed by atoms with E-state index in [-0.39, 0.29) is 19.2 Å². The predicted octanol–water partition coefficient (Wildman–Crippen LogP) is 1.15. The van der Waals surface area contributed by atoms with Gasteiger partial charge in [0.1, 0.15) is 12.6 Å². The molecule has 1 amide bonds. The maximum Gasteiger partial charge on any atom is 0.333 e. The number of nitrogens with one attached hydrogen (secondary N) is 1. The van der Waals surface area contributed by atoms with Crippen molar-refractivity contribution in [2.75, 3.05) is 27.5 Å². The molecule has 0 saturated carbocycles. The van der Waals surface area contributed by atoms with E-state index in [0.717, 1.165) is 12.7 Å². The third-order valence-corrected chi connectivity index (χ3v) is 5.70. The van der Waals surface area contributed by atoms with Gasteiger partial charge in [-0.15, -0.1) is 0 Å². The zero-order chi connectivity index (χ0) is 22.6. The lowest BCUT2D eigenvalue weighted by molar-refractivity contribution is -0.147. The van der Waals surface area contributed by atoms with Crippen LogP contribution in [-0.2, 0) is 44.1 Å². The Morgan fingerprint density at radius 1 is 1.13 bits per heavy atom. The van der Waals surface area contributed by atoms with Crippen LogP contribution in [0, 0.1) is 0 Å². The van der Waals surface area contributed by atoms with Crippen LogP contribution < -0.4 is 11.1 Å². The first-order valence-corrected chi connectivity index (χ1v) is 10.7. The third kappa shape index (κ3) is 8.87. The lowest BCUT2D eigenvalue weighted by atomic mass is 10.2. The second-order valence-corrected chi connectivity index (χ2v) is 8.37. The van der Waals surface area contributed by atoms with Gasteiger partial charge in [-0.1, -0.05) is 42.5 Å². The van der Waals surface area contributed by atoms with Gasteiger partial charge in [-0.3, -0.25) is 14.2 Å². The van der Waals surface area contributed by atoms with E-state index in [1.165, 1.54) is 26.4 Å². The van der Waals surface area contributed by atoms with Gasteiger partial charge in [0.15, 0.2) is 0 Å². The van der Waals surface area contributed by atoms with E-state index in [1.807, 2.05) is 6.07 Å². The predicted molar refractivity (Wildman–Crippen MR) is 108 cm³/mol. The highest BCUT2D eigenvalue weighted by Gasteiger charge is 2.25. The van der Waals surface area contributed by atoms with Crippen molar-refractivity contribution in [2.24, 2.45) is 5.73 Å². The van der Waals surface area contributed by atoms with Gasteiger partial charge in [0, 0.05) is 14.2 Å². The SMILES string of the molecule is COC(=O)[C@H](/C=C\CP(=O)(OC)OC)NC(=O)[C@@H](N)CC(=O)OCc1ccccc1. The summed E-state index contributed by atoms with van der Waals surface area (Å²) < 4.78 is 31.3. The molecule has 0 aliphatic heterocycles. The van der Waals surface area contributed by atoms with Crippen LogP contribution in [0.5, 0.6) is 0 Å². The number of amides is 1. The Morgan fingerprint density at radius 2 is 1.77 bits per heavy atom. The van der Waals surface area contributed by atoms with Crippen LogP contribution in [0.1, 0.15) is 12.0 Å². The molecule has 166 valence electrons. The molecular formula is C19H27N2O8P. The summed E-state index contributed by atoms with van der Waals surface area (Å²) in [6.45, 7) is 0.0561. The van der Waals surface area contributed by atoms with E-state index in [1.54, 1.807) is 24.3 Å². The van der Waals surface area contributed by atoms with E-state index in [2.05, 4.69) is 10.1 Å². The summed E-state index contributed by atoms with van der Waals surface area (Å²) in [5.41, 5.74) is 6.54. The monoisotopic (exact) mass is 442 g/mol. The molecule has 1 aromatic rings. The molecule has 0 saturated heterocycles. The second-order valence-electron chi connectivity index (χ2n) is 6.05. The first-order chi connectivity index (χ1) is 14.2. The summed E-state index contributed by atoms with van der Waals surface area (Å²) in [6, 6.07) is 6.59. The maximum atomic E-state index is 12.3. The molecule has 0 unspecified atom stereocenters. The largest absolute Gasteiger partial charge is 0.467 e. The Bertz CT molecular complexity index is 776. The average molecular weight is 442 g/mol. The summed E-state index contributed by atoms with van der Waals surface area (Å²) in [6.07, 6.45) is 2.13. The summed E-state index contributed by atoms with van der Waals surface area (Å²) in [5, 5.41) is 2.36. The summed E-state index contributed by atoms with van der Waals surface area (Å²) in [5.74, 6) is -2.19. The molecule has 0 spiro atoms. The standard InChI is InChI=1S/C19H27N2O8P/c1-26-19(24)16(10-7-11-30(25,27-2)28-3)21-18(23)15(20)12-17(22)29-13-14-8-5-4-6-9-14/h4-10,15-16H,11-13,20H2,1-3H3,(H,21,23)/b10-7-/t15-,16-/m0/s1. The number of rotatable bonds is 12. The molecule has 0 radical (unpaired) electrons. The van der Waals surface area contributed by atoms with Crippen molar-refractivity contribution in [2.45, 2.75) is 25.1 Å². The van der Waals surface area contributed by atoms with E-state index < -0.39 is 37.5 Å². The van der Waals surface area contributed by atoms with Gasteiger partial charge in [-0.25, -0.2) is 4.79 Å². The minimum atomic E-state index is -3.32. The zero-order valence-electron chi connectivity index (χ0n) is 17.1. The Hall–Kier alpha value is -2.52. The first-order valence-electron chi connectivity index (χ1n) is 8.95. The van der Waals surface area contributed by atoms with Crippen molar-refractivity contribution in [1.29, 1.82) is 0 Å². The van der Waals surface area contributed by atoms with Crippen molar-refractivity contribution in [3.8, 4) is 0 Å². The van der Waals surface area contributed by atoms with Crippen molar-refractivity contribution in [3.05, 3.63) is 48.0 Å². The quantitative estimate of drug-likeness (QED) is 0.277. The van der Waals surface area contributed by atoms with Crippen molar-refractivity contribution in [3.63, 3.8) is 0 Å². The van der Waals surface area contributed by atoms with E-state index in [9.17, 15) is 18.9 Å². The van der Waals surface area contributed by atoms with Gasteiger partial charge in [-0.2, -0.15) is 0 Å². The number of carbonyl (C=O) groups excluding carboxylic acids is 3. The Morgan fingerprint density at radius 3 is 2.33 bits per heavy atom. The normalized spacial score (nSPS) is 13.5. The van der Waals surface area contributed by atoms with Gasteiger partial charge in [-0.05, 0) is 5.56 Å². The fraction of sp³-hybridized carbons (Fsp3) is 0.421. The number of benzene rings is 1. The van der Waals surface area contributed by atoms with Gasteiger partial charge in [0.25, 0.3) is 0 Å². The molecule has 2 atom stereocenters. The molecule has 11 heteroatoms. The van der Waals surface area contributed by atoms with E-state index in [4.69, 9.17) is 19.5 Å². The smallest absolute Gasteiger partial charge is 0.333 e. The third-order valence-electron chi connectivity index (χ3n) is 3.93. The van der Waals surface area contributed by atoms with Gasteiger partial charge in [0.2, 0.25) is 5.91 Å². The molecule has 0 aliphatic carbocycles. The first kappa shape index (κ1) is 25.5. The summed E-state index contributed by atoms with van der Waals surface area (Å²) in [4.78, 5) is 36.1. The second kappa shape index (κ2) is 12.9. The summed E-state index contributed by atoms with van der Waals surface area (Å²) in [7, 11) is 0.285. The van der Waals surface area contributed by atoms with Crippen LogP contribution in [0.3, 0.4) is 0 Å². The lowest BCUT2D eigenvalue weighted by Gasteiger charge is -2.17. The van der Waals surface area contributed by atoms with Gasteiger partial charge < -0.3 is 29.6 Å². The van der Waals surface area contributed by atoms with Crippen LogP contribution in [0.2, 0.25) is 0 Å². The van der Waals surface area contributed by atoms with Crippen molar-refractivity contribution in [1.82, 2.24) is 5.32 Å². The molecule has 3 N–H and O–H groups in total. The fourth-order valence-corrected chi connectivity index (χ4v) is 3.02. The molecule has 0 heterocycles.